The van der Waals surface area contributed by atoms with Gasteiger partial charge in [0.25, 0.3) is 0 Å². The average molecular weight is 507 g/mol. The number of methoxy groups -OCH3 is 2. The summed E-state index contributed by atoms with van der Waals surface area (Å²) in [5.74, 6) is 2.12. The minimum atomic E-state index is -0.216. The second-order valence-electron chi connectivity index (χ2n) is 8.44. The monoisotopic (exact) mass is 506 g/mol. The Kier molecular flexibility index (Phi) is 8.98. The highest BCUT2D eigenvalue weighted by atomic mass is 16.5. The van der Waals surface area contributed by atoms with Gasteiger partial charge in [0.15, 0.2) is 28.8 Å². The zero-order valence-corrected chi connectivity index (χ0v) is 21.6. The minimum Gasteiger partial charge on any atom is -0.493 e. The summed E-state index contributed by atoms with van der Waals surface area (Å²) in [6.07, 6.45) is 2.83. The Labute approximate surface area is 223 Å². The summed E-state index contributed by atoms with van der Waals surface area (Å²) in [6.45, 7) is 4.44. The fourth-order valence-electron chi connectivity index (χ4n) is 3.91. The Balaban J connectivity index is 1.63. The summed E-state index contributed by atoms with van der Waals surface area (Å²) in [7, 11) is 3.18. The highest BCUT2D eigenvalue weighted by Crippen LogP contribution is 2.37. The number of ketones is 1. The SMILES string of the molecule is C=CC(=O)C=C(c1ccc(OCc2ccccc2)c(OC)c1)c1ccc(OCc2ccccc2)c(OC)c1. The van der Waals surface area contributed by atoms with E-state index in [1.807, 2.05) is 97.1 Å². The minimum absolute atomic E-state index is 0.216. The van der Waals surface area contributed by atoms with Gasteiger partial charge >= 0.3 is 0 Å². The third kappa shape index (κ3) is 6.71. The van der Waals surface area contributed by atoms with Crippen molar-refractivity contribution in [2.75, 3.05) is 14.2 Å². The standard InChI is InChI=1S/C33H30O5/c1-4-28(34)21-29(26-15-17-30(32(19-26)35-2)37-22-24-11-7-5-8-12-24)27-16-18-31(33(20-27)36-3)38-23-25-13-9-6-10-14-25/h4-21H,1,22-23H2,2-3H3. The van der Waals surface area contributed by atoms with Crippen molar-refractivity contribution < 1.29 is 23.7 Å². The number of carbonyl (C=O) groups is 1. The molecular weight excluding hydrogens is 476 g/mol. The second kappa shape index (κ2) is 13.0. The van der Waals surface area contributed by atoms with Crippen molar-refractivity contribution in [3.8, 4) is 23.0 Å². The quantitative estimate of drug-likeness (QED) is 0.193. The van der Waals surface area contributed by atoms with Crippen molar-refractivity contribution in [2.24, 2.45) is 0 Å². The first kappa shape index (κ1) is 26.3. The van der Waals surface area contributed by atoms with E-state index in [0.29, 0.717) is 41.8 Å². The topological polar surface area (TPSA) is 54.0 Å². The predicted octanol–water partition coefficient (Wildman–Crippen LogP) is 7.05. The number of allylic oxidation sites excluding steroid dienone is 2. The maximum absolute atomic E-state index is 12.4. The van der Waals surface area contributed by atoms with Gasteiger partial charge in [0.1, 0.15) is 13.2 Å². The molecule has 4 rings (SSSR count). The molecule has 0 aromatic heterocycles. The van der Waals surface area contributed by atoms with E-state index in [-0.39, 0.29) is 5.78 Å². The smallest absolute Gasteiger partial charge is 0.178 e. The highest BCUT2D eigenvalue weighted by Gasteiger charge is 2.15. The highest BCUT2D eigenvalue weighted by molar-refractivity contribution is 6.06. The molecular formula is C33H30O5. The first-order valence-electron chi connectivity index (χ1n) is 12.2. The molecule has 0 aliphatic heterocycles. The van der Waals surface area contributed by atoms with Crippen molar-refractivity contribution in [1.29, 1.82) is 0 Å². The van der Waals surface area contributed by atoms with Crippen LogP contribution in [-0.4, -0.2) is 20.0 Å². The van der Waals surface area contributed by atoms with Gasteiger partial charge in [-0.2, -0.15) is 0 Å². The van der Waals surface area contributed by atoms with Crippen LogP contribution in [0.15, 0.2) is 116 Å². The Morgan fingerprint density at radius 1 is 0.658 bits per heavy atom. The van der Waals surface area contributed by atoms with E-state index >= 15 is 0 Å². The van der Waals surface area contributed by atoms with E-state index in [0.717, 1.165) is 22.3 Å². The van der Waals surface area contributed by atoms with Gasteiger partial charge in [-0.15, -0.1) is 0 Å². The van der Waals surface area contributed by atoms with E-state index in [4.69, 9.17) is 18.9 Å². The molecule has 4 aromatic carbocycles. The molecule has 0 heterocycles. The van der Waals surface area contributed by atoms with Crippen molar-refractivity contribution in [3.63, 3.8) is 0 Å². The molecule has 0 saturated heterocycles. The number of benzene rings is 4. The van der Waals surface area contributed by atoms with Crippen LogP contribution in [-0.2, 0) is 18.0 Å². The summed E-state index contributed by atoms with van der Waals surface area (Å²) < 4.78 is 23.3. The van der Waals surface area contributed by atoms with Crippen LogP contribution in [0, 0.1) is 0 Å². The van der Waals surface area contributed by atoms with Crippen LogP contribution in [0.3, 0.4) is 0 Å². The van der Waals surface area contributed by atoms with Gasteiger partial charge in [-0.1, -0.05) is 79.4 Å². The summed E-state index contributed by atoms with van der Waals surface area (Å²) in [6, 6.07) is 31.0. The van der Waals surface area contributed by atoms with E-state index in [9.17, 15) is 4.79 Å². The third-order valence-electron chi connectivity index (χ3n) is 5.91. The Morgan fingerprint density at radius 2 is 1.11 bits per heavy atom. The first-order valence-corrected chi connectivity index (χ1v) is 12.2. The summed E-state index contributed by atoms with van der Waals surface area (Å²) >= 11 is 0. The van der Waals surface area contributed by atoms with Gasteiger partial charge in [0, 0.05) is 0 Å². The lowest BCUT2D eigenvalue weighted by atomic mass is 9.95. The molecule has 192 valence electrons. The molecule has 0 atom stereocenters. The van der Waals surface area contributed by atoms with Crippen LogP contribution in [0.5, 0.6) is 23.0 Å². The second-order valence-corrected chi connectivity index (χ2v) is 8.44. The Hall–Kier alpha value is -4.77. The molecule has 0 aliphatic rings. The lowest BCUT2D eigenvalue weighted by molar-refractivity contribution is -0.110. The predicted molar refractivity (Wildman–Crippen MR) is 150 cm³/mol. The van der Waals surface area contributed by atoms with E-state index in [1.165, 1.54) is 6.08 Å². The normalized spacial score (nSPS) is 10.3. The molecule has 0 radical (unpaired) electrons. The van der Waals surface area contributed by atoms with Gasteiger partial charge in [0.05, 0.1) is 14.2 Å². The average Bonchev–Trinajstić information content (AvgIpc) is 2.98. The number of hydrogen-bond acceptors (Lipinski definition) is 5. The molecule has 0 amide bonds. The maximum Gasteiger partial charge on any atom is 0.178 e. The zero-order chi connectivity index (χ0) is 26.7. The van der Waals surface area contributed by atoms with Crippen LogP contribution in [0.4, 0.5) is 0 Å². The van der Waals surface area contributed by atoms with Crippen molar-refractivity contribution in [2.45, 2.75) is 13.2 Å². The lowest BCUT2D eigenvalue weighted by Crippen LogP contribution is -2.01. The molecule has 0 unspecified atom stereocenters. The molecule has 0 N–H and O–H groups in total. The fraction of sp³-hybridized carbons (Fsp3) is 0.121. The van der Waals surface area contributed by atoms with Gasteiger partial charge in [-0.05, 0) is 64.2 Å². The van der Waals surface area contributed by atoms with Crippen LogP contribution in [0.2, 0.25) is 0 Å². The molecule has 4 aromatic rings. The van der Waals surface area contributed by atoms with Gasteiger partial charge in [-0.3, -0.25) is 4.79 Å². The van der Waals surface area contributed by atoms with Gasteiger partial charge in [0.2, 0.25) is 0 Å². The van der Waals surface area contributed by atoms with Gasteiger partial charge < -0.3 is 18.9 Å². The number of hydrogen-bond donors (Lipinski definition) is 0. The summed E-state index contributed by atoms with van der Waals surface area (Å²) in [5.41, 5.74) is 4.36. The number of rotatable bonds is 12. The molecule has 38 heavy (non-hydrogen) atoms. The Morgan fingerprint density at radius 3 is 1.50 bits per heavy atom. The van der Waals surface area contributed by atoms with Crippen molar-refractivity contribution in [1.82, 2.24) is 0 Å². The third-order valence-corrected chi connectivity index (χ3v) is 5.91. The molecule has 0 aliphatic carbocycles. The van der Waals surface area contributed by atoms with Crippen LogP contribution in [0.1, 0.15) is 22.3 Å². The Bertz CT molecular complexity index is 1310. The largest absolute Gasteiger partial charge is 0.493 e. The molecule has 5 nitrogen and oxygen atoms in total. The van der Waals surface area contributed by atoms with Crippen molar-refractivity contribution in [3.05, 3.63) is 138 Å². The number of carbonyl (C=O) groups excluding carboxylic acids is 1. The van der Waals surface area contributed by atoms with E-state index in [2.05, 4.69) is 6.58 Å². The molecule has 5 heteroatoms. The lowest BCUT2D eigenvalue weighted by Gasteiger charge is -2.16. The molecule has 0 fully saturated rings. The van der Waals surface area contributed by atoms with Crippen LogP contribution in [0.25, 0.3) is 5.57 Å². The van der Waals surface area contributed by atoms with E-state index < -0.39 is 0 Å². The fourth-order valence-corrected chi connectivity index (χ4v) is 3.91. The first-order chi connectivity index (χ1) is 18.6. The molecule has 0 spiro atoms. The molecule has 0 saturated carbocycles. The summed E-state index contributed by atoms with van der Waals surface area (Å²) in [5, 5.41) is 0. The summed E-state index contributed by atoms with van der Waals surface area (Å²) in [4.78, 5) is 12.4. The van der Waals surface area contributed by atoms with Crippen molar-refractivity contribution >= 4 is 11.4 Å². The van der Waals surface area contributed by atoms with E-state index in [1.54, 1.807) is 20.3 Å². The van der Waals surface area contributed by atoms with Gasteiger partial charge in [-0.25, -0.2) is 0 Å². The van der Waals surface area contributed by atoms with Crippen LogP contribution >= 0.6 is 0 Å². The maximum atomic E-state index is 12.4. The number of ether oxygens (including phenoxy) is 4. The van der Waals surface area contributed by atoms with Crippen LogP contribution < -0.4 is 18.9 Å². The molecule has 0 bridgehead atoms. The zero-order valence-electron chi connectivity index (χ0n) is 21.6.